The highest BCUT2D eigenvalue weighted by Gasteiger charge is 2.29. The van der Waals surface area contributed by atoms with Crippen LogP contribution in [0, 0.1) is 0 Å². The third-order valence-corrected chi connectivity index (χ3v) is 4.99. The normalized spacial score (nSPS) is 13.2. The fraction of sp³-hybridized carbons (Fsp3) is 0.500. The van der Waals surface area contributed by atoms with Gasteiger partial charge in [0.2, 0.25) is 23.6 Å². The number of primary amides is 1. The van der Waals surface area contributed by atoms with Crippen molar-refractivity contribution in [3.63, 3.8) is 0 Å². The highest BCUT2D eigenvalue weighted by Crippen LogP contribution is 2.07. The molecule has 0 heterocycles. The number of nitrogens with two attached hydrogens (primary N) is 3. The fourth-order valence-electron chi connectivity index (χ4n) is 3.16. The minimum Gasteiger partial charge on any atom is -0.480 e. The van der Waals surface area contributed by atoms with E-state index in [4.69, 9.17) is 17.2 Å². The van der Waals surface area contributed by atoms with Gasteiger partial charge in [-0.15, -0.1) is 0 Å². The Labute approximate surface area is 198 Å². The molecule has 1 aromatic carbocycles. The van der Waals surface area contributed by atoms with E-state index in [9.17, 15) is 29.1 Å². The van der Waals surface area contributed by atoms with E-state index in [-0.39, 0.29) is 32.2 Å². The molecular weight excluding hydrogens is 444 g/mol. The monoisotopic (exact) mass is 478 g/mol. The summed E-state index contributed by atoms with van der Waals surface area (Å²) in [4.78, 5) is 60.3. The summed E-state index contributed by atoms with van der Waals surface area (Å²) in [6.45, 7) is 0.0565. The Kier molecular flexibility index (Phi) is 12.9. The summed E-state index contributed by atoms with van der Waals surface area (Å²) in [5.41, 5.74) is 16.7. The molecular formula is C22H34N6O6. The zero-order chi connectivity index (χ0) is 25.5. The van der Waals surface area contributed by atoms with Crippen LogP contribution >= 0.6 is 0 Å². The van der Waals surface area contributed by atoms with Crippen LogP contribution in [0.15, 0.2) is 30.3 Å². The number of carbonyl (C=O) groups excluding carboxylic acids is 4. The average molecular weight is 479 g/mol. The van der Waals surface area contributed by atoms with Crippen LogP contribution in [0.3, 0.4) is 0 Å². The van der Waals surface area contributed by atoms with Gasteiger partial charge in [-0.25, -0.2) is 4.79 Å². The molecule has 10 N–H and O–H groups in total. The summed E-state index contributed by atoms with van der Waals surface area (Å²) in [6.07, 6.45) is 1.01. The first-order chi connectivity index (χ1) is 16.2. The van der Waals surface area contributed by atoms with Crippen LogP contribution in [0.4, 0.5) is 0 Å². The molecule has 0 radical (unpaired) electrons. The molecule has 0 saturated carbocycles. The summed E-state index contributed by atoms with van der Waals surface area (Å²) in [5.74, 6) is -3.93. The van der Waals surface area contributed by atoms with E-state index in [1.807, 2.05) is 6.07 Å². The molecule has 12 nitrogen and oxygen atoms in total. The predicted molar refractivity (Wildman–Crippen MR) is 124 cm³/mol. The van der Waals surface area contributed by atoms with Crippen molar-refractivity contribution in [2.75, 3.05) is 13.1 Å². The van der Waals surface area contributed by atoms with Crippen molar-refractivity contribution in [2.45, 2.75) is 56.7 Å². The number of carbonyl (C=O) groups is 5. The predicted octanol–water partition coefficient (Wildman–Crippen LogP) is -1.88. The van der Waals surface area contributed by atoms with Gasteiger partial charge in [-0.1, -0.05) is 30.3 Å². The van der Waals surface area contributed by atoms with Gasteiger partial charge in [-0.2, -0.15) is 0 Å². The Morgan fingerprint density at radius 2 is 1.44 bits per heavy atom. The Morgan fingerprint density at radius 1 is 0.824 bits per heavy atom. The van der Waals surface area contributed by atoms with E-state index in [0.717, 1.165) is 5.56 Å². The maximum Gasteiger partial charge on any atom is 0.326 e. The van der Waals surface area contributed by atoms with Crippen molar-refractivity contribution in [1.82, 2.24) is 16.0 Å². The van der Waals surface area contributed by atoms with E-state index >= 15 is 0 Å². The second-order valence-electron chi connectivity index (χ2n) is 7.76. The number of carboxylic acid groups (broad SMARTS) is 1. The van der Waals surface area contributed by atoms with Crippen molar-refractivity contribution in [3.05, 3.63) is 35.9 Å². The van der Waals surface area contributed by atoms with E-state index in [0.29, 0.717) is 19.4 Å². The molecule has 12 heteroatoms. The molecule has 1 aromatic rings. The SMILES string of the molecule is NCCCCC(NC(=O)C(Cc1ccccc1)NC(=O)CN)C(=O)NC(CCC(N)=O)C(=O)O. The van der Waals surface area contributed by atoms with Crippen LogP contribution in [-0.4, -0.2) is 65.9 Å². The standard InChI is InChI=1S/C22H34N6O6/c23-11-5-4-8-15(20(31)28-16(22(33)34)9-10-18(25)29)27-21(32)17(26-19(30)13-24)12-14-6-2-1-3-7-14/h1-3,6-7,15-17H,4-5,8-13,23-24H2,(H2,25,29)(H,26,30)(H,27,32)(H,28,31)(H,33,34). The maximum atomic E-state index is 13.0. The lowest BCUT2D eigenvalue weighted by molar-refractivity contribution is -0.142. The summed E-state index contributed by atoms with van der Waals surface area (Å²) in [7, 11) is 0. The van der Waals surface area contributed by atoms with Crippen molar-refractivity contribution in [2.24, 2.45) is 17.2 Å². The van der Waals surface area contributed by atoms with E-state index in [1.54, 1.807) is 24.3 Å². The van der Waals surface area contributed by atoms with Gasteiger partial charge >= 0.3 is 5.97 Å². The van der Waals surface area contributed by atoms with Gasteiger partial charge in [0, 0.05) is 12.8 Å². The number of carboxylic acids is 1. The summed E-state index contributed by atoms with van der Waals surface area (Å²) in [6, 6.07) is 5.52. The Hall–Kier alpha value is -3.51. The molecule has 1 rings (SSSR count). The van der Waals surface area contributed by atoms with Crippen molar-refractivity contribution < 1.29 is 29.1 Å². The van der Waals surface area contributed by atoms with Gasteiger partial charge in [0.25, 0.3) is 0 Å². The van der Waals surface area contributed by atoms with E-state index in [1.165, 1.54) is 0 Å². The Balaban J connectivity index is 2.99. The largest absolute Gasteiger partial charge is 0.480 e. The number of unbranched alkanes of at least 4 members (excludes halogenated alkanes) is 1. The number of hydrogen-bond donors (Lipinski definition) is 7. The minimum absolute atomic E-state index is 0.159. The van der Waals surface area contributed by atoms with Gasteiger partial charge < -0.3 is 38.3 Å². The van der Waals surface area contributed by atoms with Crippen LogP contribution in [0.2, 0.25) is 0 Å². The van der Waals surface area contributed by atoms with Gasteiger partial charge in [0.05, 0.1) is 6.54 Å². The van der Waals surface area contributed by atoms with E-state index in [2.05, 4.69) is 16.0 Å². The van der Waals surface area contributed by atoms with Gasteiger partial charge in [-0.3, -0.25) is 19.2 Å². The van der Waals surface area contributed by atoms with Crippen LogP contribution in [-0.2, 0) is 30.4 Å². The van der Waals surface area contributed by atoms with Crippen molar-refractivity contribution in [1.29, 1.82) is 0 Å². The molecule has 3 atom stereocenters. The first-order valence-electron chi connectivity index (χ1n) is 11.0. The lowest BCUT2D eigenvalue weighted by atomic mass is 10.0. The molecule has 0 bridgehead atoms. The molecule has 0 aliphatic rings. The average Bonchev–Trinajstić information content (AvgIpc) is 2.80. The molecule has 0 spiro atoms. The molecule has 0 aliphatic carbocycles. The Bertz CT molecular complexity index is 834. The zero-order valence-electron chi connectivity index (χ0n) is 19.0. The topological polar surface area (TPSA) is 220 Å². The molecule has 0 fully saturated rings. The number of amides is 4. The number of benzene rings is 1. The molecule has 0 saturated heterocycles. The number of rotatable bonds is 16. The Morgan fingerprint density at radius 3 is 2.00 bits per heavy atom. The highest BCUT2D eigenvalue weighted by molar-refractivity contribution is 5.93. The summed E-state index contributed by atoms with van der Waals surface area (Å²) < 4.78 is 0. The molecule has 3 unspecified atom stereocenters. The highest BCUT2D eigenvalue weighted by atomic mass is 16.4. The van der Waals surface area contributed by atoms with Gasteiger partial charge in [0.15, 0.2) is 0 Å². The number of nitrogens with one attached hydrogen (secondary N) is 3. The van der Waals surface area contributed by atoms with Crippen molar-refractivity contribution >= 4 is 29.6 Å². The molecule has 0 aromatic heterocycles. The lowest BCUT2D eigenvalue weighted by Crippen LogP contribution is -2.56. The maximum absolute atomic E-state index is 13.0. The van der Waals surface area contributed by atoms with Gasteiger partial charge in [0.1, 0.15) is 18.1 Å². The quantitative estimate of drug-likeness (QED) is 0.133. The second-order valence-corrected chi connectivity index (χ2v) is 7.76. The number of aliphatic carboxylic acids is 1. The van der Waals surface area contributed by atoms with Crippen molar-refractivity contribution in [3.8, 4) is 0 Å². The van der Waals surface area contributed by atoms with Crippen LogP contribution < -0.4 is 33.2 Å². The molecule has 4 amide bonds. The van der Waals surface area contributed by atoms with Crippen LogP contribution in [0.5, 0.6) is 0 Å². The first-order valence-corrected chi connectivity index (χ1v) is 11.0. The summed E-state index contributed by atoms with van der Waals surface area (Å²) >= 11 is 0. The molecule has 0 aliphatic heterocycles. The lowest BCUT2D eigenvalue weighted by Gasteiger charge is -2.24. The van der Waals surface area contributed by atoms with Gasteiger partial charge in [-0.05, 0) is 37.8 Å². The van der Waals surface area contributed by atoms with Crippen LogP contribution in [0.1, 0.15) is 37.7 Å². The fourth-order valence-corrected chi connectivity index (χ4v) is 3.16. The zero-order valence-corrected chi connectivity index (χ0v) is 19.0. The first kappa shape index (κ1) is 28.5. The molecule has 188 valence electrons. The third-order valence-electron chi connectivity index (χ3n) is 4.99. The van der Waals surface area contributed by atoms with E-state index < -0.39 is 47.7 Å². The minimum atomic E-state index is -1.36. The van der Waals surface area contributed by atoms with Crippen LogP contribution in [0.25, 0.3) is 0 Å². The smallest absolute Gasteiger partial charge is 0.326 e. The molecule has 34 heavy (non-hydrogen) atoms. The summed E-state index contributed by atoms with van der Waals surface area (Å²) in [5, 5.41) is 16.9. The third kappa shape index (κ3) is 10.9. The second kappa shape index (κ2) is 15.3. The number of hydrogen-bond acceptors (Lipinski definition) is 7.